The first-order valence-corrected chi connectivity index (χ1v) is 5.38. The van der Waals surface area contributed by atoms with Gasteiger partial charge in [-0.15, -0.1) is 0 Å². The molecule has 0 saturated heterocycles. The minimum Gasteiger partial charge on any atom is -0.394 e. The molecule has 1 aliphatic rings. The predicted molar refractivity (Wildman–Crippen MR) is 58.8 cm³/mol. The highest BCUT2D eigenvalue weighted by atomic mass is 16.3. The minimum absolute atomic E-state index is 0.172. The van der Waals surface area contributed by atoms with Crippen molar-refractivity contribution in [3.8, 4) is 0 Å². The Morgan fingerprint density at radius 1 is 1.40 bits per heavy atom. The number of nitrogens with one attached hydrogen (secondary N) is 1. The van der Waals surface area contributed by atoms with E-state index >= 15 is 0 Å². The smallest absolute Gasteiger partial charge is 0.0894 e. The molecule has 0 radical (unpaired) electrons. The topological polar surface area (TPSA) is 52.5 Å². The highest BCUT2D eigenvalue weighted by Crippen LogP contribution is 2.33. The second kappa shape index (κ2) is 4.75. The molecule has 2 rings (SSSR count). The van der Waals surface area contributed by atoms with Gasteiger partial charge in [0.1, 0.15) is 0 Å². The highest BCUT2D eigenvalue weighted by molar-refractivity contribution is 5.40. The summed E-state index contributed by atoms with van der Waals surface area (Å²) in [5, 5.41) is 21.0. The lowest BCUT2D eigenvalue weighted by atomic mass is 9.77. The van der Waals surface area contributed by atoms with E-state index in [1.54, 1.807) is 0 Å². The van der Waals surface area contributed by atoms with Crippen molar-refractivity contribution in [1.29, 1.82) is 0 Å². The summed E-state index contributed by atoms with van der Waals surface area (Å²) >= 11 is 0. The Bertz CT molecular complexity index is 327. The summed E-state index contributed by atoms with van der Waals surface area (Å²) in [6.45, 7) is 1.18. The van der Waals surface area contributed by atoms with Crippen LogP contribution in [0.5, 0.6) is 0 Å². The van der Waals surface area contributed by atoms with Gasteiger partial charge in [0.15, 0.2) is 0 Å². The van der Waals surface area contributed by atoms with E-state index in [0.717, 1.165) is 13.0 Å². The third-order valence-electron chi connectivity index (χ3n) is 2.94. The van der Waals surface area contributed by atoms with Crippen LogP contribution in [0.3, 0.4) is 0 Å². The Kier molecular flexibility index (Phi) is 3.36. The van der Waals surface area contributed by atoms with Crippen LogP contribution in [-0.4, -0.2) is 36.0 Å². The van der Waals surface area contributed by atoms with Crippen molar-refractivity contribution < 1.29 is 10.2 Å². The van der Waals surface area contributed by atoms with Crippen LogP contribution in [0.15, 0.2) is 24.3 Å². The fourth-order valence-corrected chi connectivity index (χ4v) is 2.03. The van der Waals surface area contributed by atoms with Crippen LogP contribution < -0.4 is 5.32 Å². The van der Waals surface area contributed by atoms with Crippen LogP contribution >= 0.6 is 0 Å². The molecule has 0 amide bonds. The molecule has 0 heterocycles. The number of aliphatic hydroxyl groups excluding tert-OH is 2. The van der Waals surface area contributed by atoms with E-state index in [1.807, 2.05) is 0 Å². The molecule has 3 nitrogen and oxygen atoms in total. The Morgan fingerprint density at radius 2 is 2.20 bits per heavy atom. The second-order valence-electron chi connectivity index (χ2n) is 4.09. The summed E-state index contributed by atoms with van der Waals surface area (Å²) in [5.41, 5.74) is 2.86. The molecule has 0 fully saturated rings. The van der Waals surface area contributed by atoms with E-state index in [0.29, 0.717) is 12.5 Å². The summed E-state index contributed by atoms with van der Waals surface area (Å²) in [7, 11) is 0. The van der Waals surface area contributed by atoms with E-state index in [-0.39, 0.29) is 6.61 Å². The number of hydrogen-bond donors (Lipinski definition) is 3. The zero-order valence-corrected chi connectivity index (χ0v) is 8.69. The molecule has 2 atom stereocenters. The Labute approximate surface area is 89.8 Å². The van der Waals surface area contributed by atoms with Crippen molar-refractivity contribution in [2.45, 2.75) is 18.4 Å². The van der Waals surface area contributed by atoms with Crippen molar-refractivity contribution >= 4 is 0 Å². The van der Waals surface area contributed by atoms with Crippen LogP contribution in [0.4, 0.5) is 0 Å². The van der Waals surface area contributed by atoms with Crippen molar-refractivity contribution in [3.63, 3.8) is 0 Å². The third kappa shape index (κ3) is 2.37. The maximum absolute atomic E-state index is 9.14. The summed E-state index contributed by atoms with van der Waals surface area (Å²) in [5.74, 6) is 0.576. The van der Waals surface area contributed by atoms with Gasteiger partial charge in [0.25, 0.3) is 0 Å². The molecule has 15 heavy (non-hydrogen) atoms. The molecule has 0 aromatic heterocycles. The molecule has 0 saturated carbocycles. The molecule has 0 aliphatic heterocycles. The lowest BCUT2D eigenvalue weighted by Gasteiger charge is -2.30. The predicted octanol–water partition coefficient (Wildman–Crippen LogP) is 0.269. The summed E-state index contributed by atoms with van der Waals surface area (Å²) in [6.07, 6.45) is 0.485. The normalized spacial score (nSPS) is 20.5. The number of fused-ring (bicyclic) bond motifs is 1. The first-order valence-electron chi connectivity index (χ1n) is 5.38. The molecular weight excluding hydrogens is 190 g/mol. The molecule has 0 bridgehead atoms. The van der Waals surface area contributed by atoms with Gasteiger partial charge in [-0.1, -0.05) is 24.3 Å². The van der Waals surface area contributed by atoms with Gasteiger partial charge in [-0.25, -0.2) is 0 Å². The Hall–Kier alpha value is -0.900. The second-order valence-corrected chi connectivity index (χ2v) is 4.09. The van der Waals surface area contributed by atoms with Gasteiger partial charge in [-0.3, -0.25) is 0 Å². The van der Waals surface area contributed by atoms with Gasteiger partial charge in [-0.05, 0) is 17.5 Å². The van der Waals surface area contributed by atoms with E-state index in [1.165, 1.54) is 11.1 Å². The standard InChI is InChI=1S/C12H17NO2/c14-8-11(15)7-13-6-10-5-9-3-1-2-4-12(9)10/h1-4,10-11,13-15H,5-8H2. The zero-order chi connectivity index (χ0) is 10.7. The van der Waals surface area contributed by atoms with Gasteiger partial charge >= 0.3 is 0 Å². The van der Waals surface area contributed by atoms with E-state index in [9.17, 15) is 0 Å². The largest absolute Gasteiger partial charge is 0.394 e. The van der Waals surface area contributed by atoms with E-state index in [2.05, 4.69) is 29.6 Å². The Morgan fingerprint density at radius 3 is 2.93 bits per heavy atom. The molecule has 1 aromatic carbocycles. The molecule has 82 valence electrons. The fourth-order valence-electron chi connectivity index (χ4n) is 2.03. The molecule has 0 spiro atoms. The molecule has 2 unspecified atom stereocenters. The number of aliphatic hydroxyl groups is 2. The summed E-state index contributed by atoms with van der Waals surface area (Å²) < 4.78 is 0. The fraction of sp³-hybridized carbons (Fsp3) is 0.500. The van der Waals surface area contributed by atoms with Crippen molar-refractivity contribution in [1.82, 2.24) is 5.32 Å². The zero-order valence-electron chi connectivity index (χ0n) is 8.69. The third-order valence-corrected chi connectivity index (χ3v) is 2.94. The molecular formula is C12H17NO2. The average molecular weight is 207 g/mol. The van der Waals surface area contributed by atoms with Crippen LogP contribution in [0, 0.1) is 0 Å². The minimum atomic E-state index is -0.639. The maximum atomic E-state index is 9.14. The van der Waals surface area contributed by atoms with Crippen LogP contribution in [0.1, 0.15) is 17.0 Å². The van der Waals surface area contributed by atoms with Gasteiger partial charge < -0.3 is 15.5 Å². The quantitative estimate of drug-likeness (QED) is 0.649. The highest BCUT2D eigenvalue weighted by Gasteiger charge is 2.24. The van der Waals surface area contributed by atoms with Gasteiger partial charge in [0.05, 0.1) is 12.7 Å². The number of benzene rings is 1. The summed E-state index contributed by atoms with van der Waals surface area (Å²) in [6, 6.07) is 8.45. The first kappa shape index (κ1) is 10.6. The molecule has 1 aromatic rings. The van der Waals surface area contributed by atoms with Crippen molar-refractivity contribution in [2.24, 2.45) is 0 Å². The monoisotopic (exact) mass is 207 g/mol. The molecule has 3 heteroatoms. The average Bonchev–Trinajstić information content (AvgIpc) is 2.24. The van der Waals surface area contributed by atoms with Gasteiger partial charge in [0.2, 0.25) is 0 Å². The SMILES string of the molecule is OCC(O)CNCC1Cc2ccccc21. The lowest BCUT2D eigenvalue weighted by Crippen LogP contribution is -2.35. The number of rotatable bonds is 5. The first-order chi connectivity index (χ1) is 7.31. The van der Waals surface area contributed by atoms with Crippen LogP contribution in [-0.2, 0) is 6.42 Å². The van der Waals surface area contributed by atoms with Crippen molar-refractivity contribution in [3.05, 3.63) is 35.4 Å². The van der Waals surface area contributed by atoms with E-state index < -0.39 is 6.10 Å². The van der Waals surface area contributed by atoms with E-state index in [4.69, 9.17) is 10.2 Å². The van der Waals surface area contributed by atoms with Crippen LogP contribution in [0.25, 0.3) is 0 Å². The van der Waals surface area contributed by atoms with Gasteiger partial charge in [0, 0.05) is 19.0 Å². The molecule has 3 N–H and O–H groups in total. The molecule has 1 aliphatic carbocycles. The van der Waals surface area contributed by atoms with Crippen molar-refractivity contribution in [2.75, 3.05) is 19.7 Å². The maximum Gasteiger partial charge on any atom is 0.0894 e. The number of hydrogen-bond acceptors (Lipinski definition) is 3. The van der Waals surface area contributed by atoms with Crippen LogP contribution in [0.2, 0.25) is 0 Å². The summed E-state index contributed by atoms with van der Waals surface area (Å²) in [4.78, 5) is 0. The lowest BCUT2D eigenvalue weighted by molar-refractivity contribution is 0.0941. The Balaban J connectivity index is 1.75. The van der Waals surface area contributed by atoms with Gasteiger partial charge in [-0.2, -0.15) is 0 Å².